The predicted molar refractivity (Wildman–Crippen MR) is 108 cm³/mol. The van der Waals surface area contributed by atoms with Crippen LogP contribution < -0.4 is 10.6 Å². The Morgan fingerprint density at radius 2 is 1.63 bits per heavy atom. The van der Waals surface area contributed by atoms with Crippen LogP contribution in [0.2, 0.25) is 0 Å². The van der Waals surface area contributed by atoms with Crippen LogP contribution in [0, 0.1) is 5.92 Å². The predicted octanol–water partition coefficient (Wildman–Crippen LogP) is 3.57. The number of hydrogen-bond acceptors (Lipinski definition) is 3. The molecule has 8 heteroatoms. The molecule has 0 radical (unpaired) electrons. The molecular formula is C22H30F3N3O2. The molecule has 166 valence electrons. The molecule has 1 atom stereocenters. The first-order valence-corrected chi connectivity index (χ1v) is 10.8. The van der Waals surface area contributed by atoms with Gasteiger partial charge in [-0.3, -0.25) is 14.9 Å². The maximum absolute atomic E-state index is 13.4. The second-order valence-corrected chi connectivity index (χ2v) is 8.27. The molecule has 3 rings (SSSR count). The van der Waals surface area contributed by atoms with Crippen molar-refractivity contribution in [1.82, 2.24) is 15.5 Å². The Hall–Kier alpha value is -2.09. The largest absolute Gasteiger partial charge is 0.407 e. The number of carbonyl (C=O) groups excluding carboxylic acids is 2. The summed E-state index contributed by atoms with van der Waals surface area (Å²) < 4.78 is 40.1. The fourth-order valence-electron chi connectivity index (χ4n) is 4.39. The fourth-order valence-corrected chi connectivity index (χ4v) is 4.39. The lowest BCUT2D eigenvalue weighted by Crippen LogP contribution is -2.50. The van der Waals surface area contributed by atoms with Crippen LogP contribution in [0.3, 0.4) is 0 Å². The molecule has 1 saturated carbocycles. The smallest absolute Gasteiger partial charge is 0.352 e. The minimum Gasteiger partial charge on any atom is -0.352 e. The molecule has 1 aliphatic heterocycles. The highest BCUT2D eigenvalue weighted by Crippen LogP contribution is 2.32. The van der Waals surface area contributed by atoms with Crippen LogP contribution in [0.15, 0.2) is 30.3 Å². The average Bonchev–Trinajstić information content (AvgIpc) is 2.74. The summed E-state index contributed by atoms with van der Waals surface area (Å²) in [6.07, 6.45) is 2.11. The van der Waals surface area contributed by atoms with E-state index < -0.39 is 24.7 Å². The van der Waals surface area contributed by atoms with E-state index in [9.17, 15) is 22.8 Å². The van der Waals surface area contributed by atoms with E-state index in [0.29, 0.717) is 25.9 Å². The summed E-state index contributed by atoms with van der Waals surface area (Å²) in [7, 11) is 0. The van der Waals surface area contributed by atoms with E-state index in [4.69, 9.17) is 0 Å². The van der Waals surface area contributed by atoms with Crippen molar-refractivity contribution < 1.29 is 22.8 Å². The minimum atomic E-state index is -4.49. The Morgan fingerprint density at radius 1 is 1.00 bits per heavy atom. The summed E-state index contributed by atoms with van der Waals surface area (Å²) in [6.45, 7) is 0.756. The lowest BCUT2D eigenvalue weighted by Gasteiger charge is -2.35. The van der Waals surface area contributed by atoms with E-state index in [1.807, 2.05) is 4.90 Å². The number of alkyl halides is 3. The zero-order valence-electron chi connectivity index (χ0n) is 17.1. The van der Waals surface area contributed by atoms with Gasteiger partial charge in [-0.05, 0) is 31.2 Å². The maximum atomic E-state index is 13.4. The van der Waals surface area contributed by atoms with E-state index in [-0.39, 0.29) is 23.4 Å². The second-order valence-electron chi connectivity index (χ2n) is 8.27. The van der Waals surface area contributed by atoms with Gasteiger partial charge in [0.15, 0.2) is 0 Å². The van der Waals surface area contributed by atoms with E-state index in [0.717, 1.165) is 25.7 Å². The van der Waals surface area contributed by atoms with E-state index in [2.05, 4.69) is 10.6 Å². The van der Waals surface area contributed by atoms with Gasteiger partial charge >= 0.3 is 6.18 Å². The van der Waals surface area contributed by atoms with Crippen LogP contribution in [0.1, 0.15) is 56.6 Å². The lowest BCUT2D eigenvalue weighted by atomic mass is 9.87. The standard InChI is InChI=1S/C22H30F3N3O2/c23-22(24,25)20(16-7-3-1-4-8-16)26-15-19(29)27-18-11-13-28(14-12-18)21(30)17-9-5-2-6-10-17/h1,3-4,7-8,17-18,20,26H,2,5-6,9-15H2,(H,27,29). The van der Waals surface area contributed by atoms with Crippen LogP contribution in [0.25, 0.3) is 0 Å². The molecule has 30 heavy (non-hydrogen) atoms. The Labute approximate surface area is 175 Å². The Morgan fingerprint density at radius 3 is 2.23 bits per heavy atom. The molecule has 1 aromatic carbocycles. The van der Waals surface area contributed by atoms with Crippen molar-refractivity contribution in [3.63, 3.8) is 0 Å². The second kappa shape index (κ2) is 10.3. The summed E-state index contributed by atoms with van der Waals surface area (Å²) in [4.78, 5) is 26.7. The number of rotatable bonds is 6. The molecular weight excluding hydrogens is 395 g/mol. The van der Waals surface area contributed by atoms with E-state index >= 15 is 0 Å². The molecule has 5 nitrogen and oxygen atoms in total. The SMILES string of the molecule is O=C(CNC(c1ccccc1)C(F)(F)F)NC1CCN(C(=O)C2CCCCC2)CC1. The van der Waals surface area contributed by atoms with Gasteiger partial charge in [0.25, 0.3) is 0 Å². The summed E-state index contributed by atoms with van der Waals surface area (Å²) in [5, 5.41) is 5.14. The number of nitrogens with zero attached hydrogens (tertiary/aromatic N) is 1. The van der Waals surface area contributed by atoms with Gasteiger partial charge in [-0.25, -0.2) is 0 Å². The van der Waals surface area contributed by atoms with Crippen molar-refractivity contribution >= 4 is 11.8 Å². The van der Waals surface area contributed by atoms with Crippen LogP contribution in [-0.4, -0.2) is 48.6 Å². The third kappa shape index (κ3) is 6.20. The van der Waals surface area contributed by atoms with Gasteiger partial charge in [0.2, 0.25) is 11.8 Å². The molecule has 1 aromatic rings. The molecule has 0 bridgehead atoms. The lowest BCUT2D eigenvalue weighted by molar-refractivity contribution is -0.158. The molecule has 1 aliphatic carbocycles. The van der Waals surface area contributed by atoms with Crippen LogP contribution in [0.4, 0.5) is 13.2 Å². The summed E-state index contributed by atoms with van der Waals surface area (Å²) in [6, 6.07) is 5.51. The van der Waals surface area contributed by atoms with Crippen LogP contribution in [0.5, 0.6) is 0 Å². The number of halogens is 3. The normalized spacial score (nSPS) is 20.0. The highest BCUT2D eigenvalue weighted by atomic mass is 19.4. The first-order chi connectivity index (χ1) is 14.3. The number of piperidine rings is 1. The summed E-state index contributed by atoms with van der Waals surface area (Å²) in [5.41, 5.74) is 0.0762. The summed E-state index contributed by atoms with van der Waals surface area (Å²) >= 11 is 0. The molecule has 2 N–H and O–H groups in total. The van der Waals surface area contributed by atoms with E-state index in [1.165, 1.54) is 30.7 Å². The first-order valence-electron chi connectivity index (χ1n) is 10.8. The van der Waals surface area contributed by atoms with Gasteiger partial charge in [-0.15, -0.1) is 0 Å². The van der Waals surface area contributed by atoms with Crippen molar-refractivity contribution in [2.45, 2.75) is 63.2 Å². The highest BCUT2D eigenvalue weighted by Gasteiger charge is 2.40. The average molecular weight is 425 g/mol. The van der Waals surface area contributed by atoms with Crippen molar-refractivity contribution in [1.29, 1.82) is 0 Å². The Kier molecular flexibility index (Phi) is 7.75. The molecule has 2 aliphatic rings. The molecule has 2 amide bonds. The Balaban J connectivity index is 1.43. The van der Waals surface area contributed by atoms with Gasteiger partial charge in [0.05, 0.1) is 6.54 Å². The first kappa shape index (κ1) is 22.6. The number of amides is 2. The number of nitrogens with one attached hydrogen (secondary N) is 2. The van der Waals surface area contributed by atoms with Crippen molar-refractivity contribution in [2.24, 2.45) is 5.92 Å². The zero-order chi connectivity index (χ0) is 21.6. The van der Waals surface area contributed by atoms with E-state index in [1.54, 1.807) is 6.07 Å². The summed E-state index contributed by atoms with van der Waals surface area (Å²) in [5.74, 6) is -0.111. The van der Waals surface area contributed by atoms with Crippen LogP contribution >= 0.6 is 0 Å². The van der Waals surface area contributed by atoms with Crippen LogP contribution in [-0.2, 0) is 9.59 Å². The number of carbonyl (C=O) groups is 2. The number of benzene rings is 1. The molecule has 0 aromatic heterocycles. The zero-order valence-corrected chi connectivity index (χ0v) is 17.1. The molecule has 1 heterocycles. The van der Waals surface area contributed by atoms with Gasteiger partial charge in [0, 0.05) is 25.0 Å². The number of hydrogen-bond donors (Lipinski definition) is 2. The minimum absolute atomic E-state index is 0.0762. The third-order valence-electron chi connectivity index (χ3n) is 6.05. The highest BCUT2D eigenvalue weighted by molar-refractivity contribution is 5.79. The van der Waals surface area contributed by atoms with Gasteiger partial charge < -0.3 is 10.2 Å². The maximum Gasteiger partial charge on any atom is 0.407 e. The Bertz CT molecular complexity index is 697. The topological polar surface area (TPSA) is 61.4 Å². The molecule has 1 unspecified atom stereocenters. The fraction of sp³-hybridized carbons (Fsp3) is 0.636. The molecule has 2 fully saturated rings. The quantitative estimate of drug-likeness (QED) is 0.733. The van der Waals surface area contributed by atoms with Gasteiger partial charge in [0.1, 0.15) is 6.04 Å². The van der Waals surface area contributed by atoms with Crippen molar-refractivity contribution in [3.8, 4) is 0 Å². The molecule has 0 spiro atoms. The van der Waals surface area contributed by atoms with Crippen molar-refractivity contribution in [3.05, 3.63) is 35.9 Å². The third-order valence-corrected chi connectivity index (χ3v) is 6.05. The molecule has 1 saturated heterocycles. The van der Waals surface area contributed by atoms with Crippen molar-refractivity contribution in [2.75, 3.05) is 19.6 Å². The number of likely N-dealkylation sites (tertiary alicyclic amines) is 1. The van der Waals surface area contributed by atoms with Gasteiger partial charge in [-0.1, -0.05) is 49.6 Å². The van der Waals surface area contributed by atoms with Gasteiger partial charge in [-0.2, -0.15) is 13.2 Å². The monoisotopic (exact) mass is 425 g/mol.